The van der Waals surface area contributed by atoms with Crippen LogP contribution in [0.2, 0.25) is 0 Å². The molecule has 0 aliphatic rings. The molecule has 2 aromatic heterocycles. The molecule has 0 atom stereocenters. The Morgan fingerprint density at radius 1 is 1.53 bits per heavy atom. The SMILES string of the molecule is CCOC(=O)c1nc(Cc2csc(C)n2)no1. The first-order chi connectivity index (χ1) is 8.19. The molecule has 0 bridgehead atoms. The van der Waals surface area contributed by atoms with E-state index in [1.54, 1.807) is 18.3 Å². The number of esters is 1. The van der Waals surface area contributed by atoms with Gasteiger partial charge in [0.25, 0.3) is 0 Å². The van der Waals surface area contributed by atoms with Crippen molar-refractivity contribution in [2.24, 2.45) is 0 Å². The summed E-state index contributed by atoms with van der Waals surface area (Å²) in [6.45, 7) is 3.92. The van der Waals surface area contributed by atoms with E-state index in [4.69, 9.17) is 9.26 Å². The van der Waals surface area contributed by atoms with Crippen LogP contribution in [0.3, 0.4) is 0 Å². The number of aromatic nitrogens is 3. The minimum absolute atomic E-state index is 0.117. The van der Waals surface area contributed by atoms with Gasteiger partial charge in [-0.25, -0.2) is 9.78 Å². The first-order valence-electron chi connectivity index (χ1n) is 5.09. The van der Waals surface area contributed by atoms with Gasteiger partial charge in [-0.3, -0.25) is 0 Å². The van der Waals surface area contributed by atoms with Crippen molar-refractivity contribution < 1.29 is 14.1 Å². The molecule has 0 aliphatic heterocycles. The second-order valence-electron chi connectivity index (χ2n) is 3.27. The maximum atomic E-state index is 11.3. The van der Waals surface area contributed by atoms with Gasteiger partial charge in [0, 0.05) is 5.38 Å². The van der Waals surface area contributed by atoms with Gasteiger partial charge in [0.15, 0.2) is 5.82 Å². The Bertz CT molecular complexity index is 520. The van der Waals surface area contributed by atoms with Gasteiger partial charge in [-0.05, 0) is 13.8 Å². The normalized spacial score (nSPS) is 10.5. The van der Waals surface area contributed by atoms with E-state index in [1.165, 1.54) is 0 Å². The van der Waals surface area contributed by atoms with Crippen molar-refractivity contribution >= 4 is 17.3 Å². The quantitative estimate of drug-likeness (QED) is 0.770. The topological polar surface area (TPSA) is 78.1 Å². The third-order valence-corrected chi connectivity index (χ3v) is 2.75. The predicted octanol–water partition coefficient (Wildman–Crippen LogP) is 1.60. The molecule has 2 aromatic rings. The summed E-state index contributed by atoms with van der Waals surface area (Å²) < 4.78 is 9.54. The summed E-state index contributed by atoms with van der Waals surface area (Å²) in [4.78, 5) is 19.5. The van der Waals surface area contributed by atoms with Crippen LogP contribution >= 0.6 is 11.3 Å². The van der Waals surface area contributed by atoms with Crippen molar-refractivity contribution in [3.63, 3.8) is 0 Å². The van der Waals surface area contributed by atoms with E-state index >= 15 is 0 Å². The Hall–Kier alpha value is -1.76. The first-order valence-corrected chi connectivity index (χ1v) is 5.97. The highest BCUT2D eigenvalue weighted by Crippen LogP contribution is 2.11. The number of carbonyl (C=O) groups excluding carboxylic acids is 1. The standard InChI is InChI=1S/C10H11N3O3S/c1-3-15-10(14)9-12-8(13-16-9)4-7-5-17-6(2)11-7/h5H,3-4H2,1-2H3. The van der Waals surface area contributed by atoms with E-state index in [0.29, 0.717) is 12.2 Å². The van der Waals surface area contributed by atoms with E-state index in [2.05, 4.69) is 15.1 Å². The summed E-state index contributed by atoms with van der Waals surface area (Å²) >= 11 is 1.56. The summed E-state index contributed by atoms with van der Waals surface area (Å²) in [7, 11) is 0. The lowest BCUT2D eigenvalue weighted by Crippen LogP contribution is -2.05. The molecule has 0 aliphatic carbocycles. The number of rotatable bonds is 4. The Morgan fingerprint density at radius 2 is 2.35 bits per heavy atom. The fourth-order valence-electron chi connectivity index (χ4n) is 1.25. The Morgan fingerprint density at radius 3 is 3.00 bits per heavy atom. The Balaban J connectivity index is 2.06. The van der Waals surface area contributed by atoms with Gasteiger partial charge in [0.05, 0.1) is 23.7 Å². The molecule has 0 radical (unpaired) electrons. The highest BCUT2D eigenvalue weighted by atomic mass is 32.1. The molecule has 2 rings (SSSR count). The zero-order valence-corrected chi connectivity index (χ0v) is 10.3. The molecular formula is C10H11N3O3S. The van der Waals surface area contributed by atoms with Crippen LogP contribution in [0.15, 0.2) is 9.90 Å². The van der Waals surface area contributed by atoms with E-state index in [1.807, 2.05) is 12.3 Å². The summed E-state index contributed by atoms with van der Waals surface area (Å²) in [6.07, 6.45) is 0.452. The Kier molecular flexibility index (Phi) is 3.48. The van der Waals surface area contributed by atoms with Gasteiger partial charge in [-0.1, -0.05) is 5.16 Å². The molecule has 17 heavy (non-hydrogen) atoms. The third kappa shape index (κ3) is 2.88. The average Bonchev–Trinajstić information content (AvgIpc) is 2.89. The molecule has 0 saturated heterocycles. The molecule has 0 amide bonds. The second-order valence-corrected chi connectivity index (χ2v) is 4.33. The molecule has 0 unspecified atom stereocenters. The first kappa shape index (κ1) is 11.7. The van der Waals surface area contributed by atoms with E-state index in [-0.39, 0.29) is 12.5 Å². The molecule has 0 aromatic carbocycles. The molecule has 6 nitrogen and oxygen atoms in total. The van der Waals surface area contributed by atoms with Crippen molar-refractivity contribution in [3.05, 3.63) is 27.8 Å². The monoisotopic (exact) mass is 253 g/mol. The highest BCUT2D eigenvalue weighted by Gasteiger charge is 2.16. The number of carbonyl (C=O) groups is 1. The minimum atomic E-state index is -0.597. The summed E-state index contributed by atoms with van der Waals surface area (Å²) in [5, 5.41) is 6.61. The fourth-order valence-corrected chi connectivity index (χ4v) is 1.87. The molecule has 0 saturated carbocycles. The van der Waals surface area contributed by atoms with Gasteiger partial charge in [0.1, 0.15) is 0 Å². The van der Waals surface area contributed by atoms with Crippen LogP contribution in [0.25, 0.3) is 0 Å². The molecule has 0 fully saturated rings. The van der Waals surface area contributed by atoms with Crippen LogP contribution in [-0.4, -0.2) is 27.7 Å². The smallest absolute Gasteiger partial charge is 0.397 e. The van der Waals surface area contributed by atoms with E-state index < -0.39 is 5.97 Å². The van der Waals surface area contributed by atoms with Crippen molar-refractivity contribution in [3.8, 4) is 0 Å². The zero-order chi connectivity index (χ0) is 12.3. The number of thiazole rings is 1. The number of aryl methyl sites for hydroxylation is 1. The van der Waals surface area contributed by atoms with Crippen molar-refractivity contribution in [1.82, 2.24) is 15.1 Å². The molecule has 90 valence electrons. The van der Waals surface area contributed by atoms with Gasteiger partial charge in [0.2, 0.25) is 0 Å². The van der Waals surface area contributed by atoms with Gasteiger partial charge < -0.3 is 9.26 Å². The van der Waals surface area contributed by atoms with Crippen LogP contribution in [0.1, 0.15) is 34.1 Å². The second kappa shape index (κ2) is 5.05. The predicted molar refractivity (Wildman–Crippen MR) is 59.9 cm³/mol. The molecule has 2 heterocycles. The van der Waals surface area contributed by atoms with Gasteiger partial charge in [-0.2, -0.15) is 4.98 Å². The van der Waals surface area contributed by atoms with Crippen LogP contribution in [0.4, 0.5) is 0 Å². The third-order valence-electron chi connectivity index (χ3n) is 1.92. The lowest BCUT2D eigenvalue weighted by molar-refractivity contribution is 0.0470. The molecule has 0 spiro atoms. The fraction of sp³-hybridized carbons (Fsp3) is 0.400. The largest absolute Gasteiger partial charge is 0.459 e. The van der Waals surface area contributed by atoms with Gasteiger partial charge in [-0.15, -0.1) is 11.3 Å². The van der Waals surface area contributed by atoms with Crippen LogP contribution in [-0.2, 0) is 11.2 Å². The maximum Gasteiger partial charge on any atom is 0.397 e. The van der Waals surface area contributed by atoms with Gasteiger partial charge >= 0.3 is 11.9 Å². The Labute approximate surface area is 102 Å². The number of hydrogen-bond acceptors (Lipinski definition) is 7. The van der Waals surface area contributed by atoms with E-state index in [0.717, 1.165) is 10.7 Å². The minimum Gasteiger partial charge on any atom is -0.459 e. The van der Waals surface area contributed by atoms with Crippen LogP contribution in [0.5, 0.6) is 0 Å². The maximum absolute atomic E-state index is 11.3. The number of hydrogen-bond donors (Lipinski definition) is 0. The lowest BCUT2D eigenvalue weighted by Gasteiger charge is -1.93. The highest BCUT2D eigenvalue weighted by molar-refractivity contribution is 7.09. The zero-order valence-electron chi connectivity index (χ0n) is 9.47. The van der Waals surface area contributed by atoms with E-state index in [9.17, 15) is 4.79 Å². The molecular weight excluding hydrogens is 242 g/mol. The summed E-state index contributed by atoms with van der Waals surface area (Å²) in [5.41, 5.74) is 0.865. The van der Waals surface area contributed by atoms with Crippen molar-refractivity contribution in [2.75, 3.05) is 6.61 Å². The number of ether oxygens (including phenoxy) is 1. The number of nitrogens with zero attached hydrogens (tertiary/aromatic N) is 3. The van der Waals surface area contributed by atoms with Crippen molar-refractivity contribution in [2.45, 2.75) is 20.3 Å². The molecule has 7 heteroatoms. The lowest BCUT2D eigenvalue weighted by atomic mass is 10.3. The van der Waals surface area contributed by atoms with Crippen LogP contribution in [0, 0.1) is 6.92 Å². The molecule has 0 N–H and O–H groups in total. The van der Waals surface area contributed by atoms with Crippen molar-refractivity contribution in [1.29, 1.82) is 0 Å². The van der Waals surface area contributed by atoms with Crippen LogP contribution < -0.4 is 0 Å². The summed E-state index contributed by atoms with van der Waals surface area (Å²) in [5.74, 6) is -0.284. The summed E-state index contributed by atoms with van der Waals surface area (Å²) in [6, 6.07) is 0. The average molecular weight is 253 g/mol.